The summed E-state index contributed by atoms with van der Waals surface area (Å²) in [4.78, 5) is 14.5. The Balaban J connectivity index is 2.25. The number of benzene rings is 2. The van der Waals surface area contributed by atoms with Gasteiger partial charge in [0.05, 0.1) is 4.90 Å². The van der Waals surface area contributed by atoms with Gasteiger partial charge in [0, 0.05) is 24.3 Å². The van der Waals surface area contributed by atoms with Crippen LogP contribution in [0.25, 0.3) is 0 Å². The maximum absolute atomic E-state index is 12.7. The molecule has 0 saturated carbocycles. The lowest BCUT2D eigenvalue weighted by Crippen LogP contribution is -2.31. The molecule has 5 nitrogen and oxygen atoms in total. The van der Waals surface area contributed by atoms with E-state index in [-0.39, 0.29) is 10.8 Å². The van der Waals surface area contributed by atoms with Crippen molar-refractivity contribution in [3.8, 4) is 0 Å². The zero-order valence-electron chi connectivity index (χ0n) is 15.5. The lowest BCUT2D eigenvalue weighted by molar-refractivity contribution is 0.0762. The van der Waals surface area contributed by atoms with Crippen molar-refractivity contribution < 1.29 is 13.2 Å². The lowest BCUT2D eigenvalue weighted by Gasteiger charge is -2.21. The van der Waals surface area contributed by atoms with E-state index in [1.165, 1.54) is 12.1 Å². The Morgan fingerprint density at radius 3 is 2.46 bits per heavy atom. The first kappa shape index (κ1) is 20.0. The van der Waals surface area contributed by atoms with Crippen molar-refractivity contribution in [1.29, 1.82) is 0 Å². The molecule has 2 aromatic carbocycles. The van der Waals surface area contributed by atoms with Crippen molar-refractivity contribution in [3.05, 3.63) is 59.7 Å². The average molecular weight is 375 g/mol. The third kappa shape index (κ3) is 5.08. The van der Waals surface area contributed by atoms with Crippen LogP contribution in [0.4, 0.5) is 5.69 Å². The summed E-state index contributed by atoms with van der Waals surface area (Å²) in [5, 5.41) is 0. The number of carbonyl (C=O) groups excluding carboxylic acids is 1. The van der Waals surface area contributed by atoms with Gasteiger partial charge in [0.2, 0.25) is 0 Å². The molecule has 0 aliphatic rings. The number of unbranched alkanes of at least 4 members (excludes halogenated alkanes) is 1. The van der Waals surface area contributed by atoms with Crippen LogP contribution >= 0.6 is 0 Å². The number of sulfonamides is 1. The van der Waals surface area contributed by atoms with E-state index in [0.717, 1.165) is 18.4 Å². The number of rotatable bonds is 8. The quantitative estimate of drug-likeness (QED) is 0.758. The van der Waals surface area contributed by atoms with Gasteiger partial charge in [-0.2, -0.15) is 0 Å². The monoisotopic (exact) mass is 374 g/mol. The van der Waals surface area contributed by atoms with Gasteiger partial charge in [-0.15, -0.1) is 0 Å². The number of hydrogen-bond donors (Lipinski definition) is 1. The molecule has 2 aromatic rings. The highest BCUT2D eigenvalue weighted by molar-refractivity contribution is 7.92. The molecule has 0 aliphatic carbocycles. The average Bonchev–Trinajstić information content (AvgIpc) is 2.62. The van der Waals surface area contributed by atoms with Gasteiger partial charge in [-0.25, -0.2) is 8.42 Å². The van der Waals surface area contributed by atoms with Gasteiger partial charge in [-0.3, -0.25) is 9.52 Å². The van der Waals surface area contributed by atoms with Gasteiger partial charge in [0.1, 0.15) is 0 Å². The van der Waals surface area contributed by atoms with Gasteiger partial charge >= 0.3 is 0 Å². The predicted molar refractivity (Wildman–Crippen MR) is 105 cm³/mol. The van der Waals surface area contributed by atoms with Gasteiger partial charge < -0.3 is 4.90 Å². The van der Waals surface area contributed by atoms with E-state index in [9.17, 15) is 13.2 Å². The molecule has 6 heteroatoms. The number of amides is 1. The normalized spacial score (nSPS) is 11.2. The van der Waals surface area contributed by atoms with Gasteiger partial charge in [-0.1, -0.05) is 31.5 Å². The second kappa shape index (κ2) is 8.85. The molecule has 140 valence electrons. The van der Waals surface area contributed by atoms with Crippen LogP contribution in [-0.4, -0.2) is 32.3 Å². The number of carbonyl (C=O) groups is 1. The summed E-state index contributed by atoms with van der Waals surface area (Å²) in [7, 11) is -3.76. The van der Waals surface area contributed by atoms with Crippen molar-refractivity contribution in [1.82, 2.24) is 4.90 Å². The number of aryl methyl sites for hydroxylation is 1. The van der Waals surface area contributed by atoms with Crippen LogP contribution in [0.2, 0.25) is 0 Å². The van der Waals surface area contributed by atoms with E-state index in [2.05, 4.69) is 11.6 Å². The molecule has 0 aliphatic heterocycles. The highest BCUT2D eigenvalue weighted by atomic mass is 32.2. The van der Waals surface area contributed by atoms with Crippen LogP contribution in [0.15, 0.2) is 53.4 Å². The highest BCUT2D eigenvalue weighted by Gasteiger charge is 2.19. The van der Waals surface area contributed by atoms with Crippen LogP contribution in [0.5, 0.6) is 0 Å². The molecule has 26 heavy (non-hydrogen) atoms. The third-order valence-corrected chi connectivity index (χ3v) is 5.49. The molecule has 0 unspecified atom stereocenters. The molecular weight excluding hydrogens is 348 g/mol. The lowest BCUT2D eigenvalue weighted by atomic mass is 10.2. The van der Waals surface area contributed by atoms with E-state index in [1.54, 1.807) is 35.2 Å². The summed E-state index contributed by atoms with van der Waals surface area (Å²) >= 11 is 0. The molecule has 0 atom stereocenters. The Bertz CT molecular complexity index is 863. The van der Waals surface area contributed by atoms with Crippen LogP contribution in [0.3, 0.4) is 0 Å². The van der Waals surface area contributed by atoms with Gasteiger partial charge in [0.15, 0.2) is 0 Å². The predicted octanol–water partition coefficient (Wildman–Crippen LogP) is 4.06. The Kier molecular flexibility index (Phi) is 6.80. The largest absolute Gasteiger partial charge is 0.339 e. The summed E-state index contributed by atoms with van der Waals surface area (Å²) in [6, 6.07) is 13.3. The summed E-state index contributed by atoms with van der Waals surface area (Å²) in [6.45, 7) is 7.16. The van der Waals surface area contributed by atoms with Gasteiger partial charge in [-0.05, 0) is 56.2 Å². The molecular formula is C20H26N2O3S. The Labute approximate surface area is 156 Å². The first-order chi connectivity index (χ1) is 12.4. The van der Waals surface area contributed by atoms with E-state index >= 15 is 0 Å². The summed E-state index contributed by atoms with van der Waals surface area (Å²) in [5.41, 5.74) is 1.85. The van der Waals surface area contributed by atoms with Crippen LogP contribution in [-0.2, 0) is 10.0 Å². The molecule has 1 N–H and O–H groups in total. The van der Waals surface area contributed by atoms with Gasteiger partial charge in [0.25, 0.3) is 15.9 Å². The Morgan fingerprint density at radius 2 is 1.81 bits per heavy atom. The topological polar surface area (TPSA) is 66.5 Å². The molecule has 2 rings (SSSR count). The number of hydrogen-bond acceptors (Lipinski definition) is 3. The molecule has 0 radical (unpaired) electrons. The molecule has 0 bridgehead atoms. The second-order valence-corrected chi connectivity index (χ2v) is 7.92. The van der Waals surface area contributed by atoms with E-state index in [0.29, 0.717) is 24.3 Å². The smallest absolute Gasteiger partial charge is 0.261 e. The maximum atomic E-state index is 12.7. The van der Waals surface area contributed by atoms with Crippen LogP contribution < -0.4 is 4.72 Å². The minimum absolute atomic E-state index is 0.0800. The highest BCUT2D eigenvalue weighted by Crippen LogP contribution is 2.19. The minimum Gasteiger partial charge on any atom is -0.339 e. The van der Waals surface area contributed by atoms with Crippen molar-refractivity contribution >= 4 is 21.6 Å². The molecule has 0 aromatic heterocycles. The third-order valence-electron chi connectivity index (χ3n) is 4.11. The van der Waals surface area contributed by atoms with E-state index in [4.69, 9.17) is 0 Å². The summed E-state index contributed by atoms with van der Waals surface area (Å²) in [5.74, 6) is -0.145. The molecule has 0 fully saturated rings. The molecule has 0 saturated heterocycles. The standard InChI is InChI=1S/C20H26N2O3S/c1-4-6-13-22(5-2)20(23)17-10-8-12-19(15-17)26(24,25)21-18-11-7-9-16(3)14-18/h7-12,14-15,21H,4-6,13H2,1-3H3. The molecule has 0 spiro atoms. The molecule has 1 amide bonds. The number of nitrogens with one attached hydrogen (secondary N) is 1. The fraction of sp³-hybridized carbons (Fsp3) is 0.350. The van der Waals surface area contributed by atoms with E-state index in [1.807, 2.05) is 19.9 Å². The zero-order valence-corrected chi connectivity index (χ0v) is 16.3. The number of nitrogens with zero attached hydrogens (tertiary/aromatic N) is 1. The Morgan fingerprint density at radius 1 is 1.08 bits per heavy atom. The van der Waals surface area contributed by atoms with Crippen molar-refractivity contribution in [2.24, 2.45) is 0 Å². The fourth-order valence-corrected chi connectivity index (χ4v) is 3.75. The zero-order chi connectivity index (χ0) is 19.2. The second-order valence-electron chi connectivity index (χ2n) is 6.24. The first-order valence-corrected chi connectivity index (χ1v) is 10.3. The first-order valence-electron chi connectivity index (χ1n) is 8.86. The SMILES string of the molecule is CCCCN(CC)C(=O)c1cccc(S(=O)(=O)Nc2cccc(C)c2)c1. The Hall–Kier alpha value is -2.34. The maximum Gasteiger partial charge on any atom is 0.261 e. The summed E-state index contributed by atoms with van der Waals surface area (Å²) < 4.78 is 27.9. The molecule has 0 heterocycles. The van der Waals surface area contributed by atoms with Crippen LogP contribution in [0.1, 0.15) is 42.6 Å². The van der Waals surface area contributed by atoms with Crippen molar-refractivity contribution in [2.75, 3.05) is 17.8 Å². The fourth-order valence-electron chi connectivity index (χ4n) is 2.65. The minimum atomic E-state index is -3.76. The summed E-state index contributed by atoms with van der Waals surface area (Å²) in [6.07, 6.45) is 1.92. The van der Waals surface area contributed by atoms with Crippen molar-refractivity contribution in [3.63, 3.8) is 0 Å². The number of anilines is 1. The van der Waals surface area contributed by atoms with Crippen LogP contribution in [0, 0.1) is 6.92 Å². The van der Waals surface area contributed by atoms with E-state index < -0.39 is 10.0 Å². The van der Waals surface area contributed by atoms with Crippen molar-refractivity contribution in [2.45, 2.75) is 38.5 Å².